The van der Waals surface area contributed by atoms with E-state index in [-0.39, 0.29) is 31.6 Å². The Balaban J connectivity index is -0.0000000249. The van der Waals surface area contributed by atoms with Gasteiger partial charge in [0.1, 0.15) is 18.2 Å². The zero-order valence-corrected chi connectivity index (χ0v) is 28.2. The number of carboxylic acids is 1. The third-order valence-corrected chi connectivity index (χ3v) is 0.784. The molecule has 0 aliphatic rings. The summed E-state index contributed by atoms with van der Waals surface area (Å²) < 4.78 is 9.65. The molecule has 1 N–H and O–H groups in total. The normalized spacial score (nSPS) is 6.10. The van der Waals surface area contributed by atoms with Crippen molar-refractivity contribution in [1.29, 1.82) is 0 Å². The molecule has 0 rings (SSSR count). The molecule has 0 unspecified atom stereocenters. The maximum absolute atomic E-state index is 9.96. The molecule has 0 aliphatic carbocycles. The molecule has 7 nitrogen and oxygen atoms in total. The lowest BCUT2D eigenvalue weighted by Gasteiger charge is -1.87. The number of ether oxygens (including phenoxy) is 2. The Morgan fingerprint density at radius 2 is 1.00 bits per heavy atom. The number of Topliss-reactive ketones (excluding diaryl/α,β-unsaturated/α-hetero) is 2. The topological polar surface area (TPSA) is 107 Å². The highest BCUT2D eigenvalue weighted by atomic mass is 127. The SMILES string of the molecule is C.CC.CC(C)=O.CC(C)=O.CCC(=O)OC.CI.CI.COCC(=O)O.ICI. The van der Waals surface area contributed by atoms with E-state index in [2.05, 4.69) is 99.8 Å². The summed E-state index contributed by atoms with van der Waals surface area (Å²) in [5.41, 5.74) is 0. The molecule has 0 radical (unpaired) electrons. The summed E-state index contributed by atoms with van der Waals surface area (Å²) in [6, 6.07) is 0. The van der Waals surface area contributed by atoms with E-state index in [4.69, 9.17) is 5.11 Å². The van der Waals surface area contributed by atoms with Gasteiger partial charge in [-0.1, -0.05) is 119 Å². The molecule has 190 valence electrons. The molecule has 0 aliphatic heterocycles. The van der Waals surface area contributed by atoms with Crippen LogP contribution in [-0.4, -0.2) is 61.7 Å². The van der Waals surface area contributed by atoms with Gasteiger partial charge in [-0.15, -0.1) is 0 Å². The highest BCUT2D eigenvalue weighted by molar-refractivity contribution is 14.2. The number of methoxy groups -OCH3 is 2. The number of aliphatic carboxylic acids is 1. The monoisotopic (exact) mass is 892 g/mol. The minimum atomic E-state index is -0.933. The van der Waals surface area contributed by atoms with Crippen molar-refractivity contribution in [1.82, 2.24) is 0 Å². The number of hydrogen-bond donors (Lipinski definition) is 1. The fourth-order valence-corrected chi connectivity index (χ4v) is 0.268. The minimum Gasteiger partial charge on any atom is -0.480 e. The summed E-state index contributed by atoms with van der Waals surface area (Å²) in [5, 5.41) is 7.79. The molecule has 0 aromatic rings. The van der Waals surface area contributed by atoms with E-state index in [1.54, 1.807) is 6.92 Å². The Hall–Kier alpha value is 1.16. The fourth-order valence-electron chi connectivity index (χ4n) is 0.268. The van der Waals surface area contributed by atoms with Crippen LogP contribution in [0.4, 0.5) is 0 Å². The maximum Gasteiger partial charge on any atom is 0.329 e. The lowest BCUT2D eigenvalue weighted by molar-refractivity contribution is -0.141. The van der Waals surface area contributed by atoms with E-state index in [1.807, 2.05) is 23.7 Å². The molecule has 0 fully saturated rings. The lowest BCUT2D eigenvalue weighted by Crippen LogP contribution is -2.02. The maximum atomic E-state index is 9.96. The Labute approximate surface area is 240 Å². The summed E-state index contributed by atoms with van der Waals surface area (Å²) in [7, 11) is 2.72. The van der Waals surface area contributed by atoms with Gasteiger partial charge in [0.05, 0.1) is 9.54 Å². The predicted molar refractivity (Wildman–Crippen MR) is 165 cm³/mol. The van der Waals surface area contributed by atoms with Crippen LogP contribution in [0.25, 0.3) is 0 Å². The van der Waals surface area contributed by atoms with Crippen molar-refractivity contribution in [3.8, 4) is 0 Å². The van der Waals surface area contributed by atoms with Gasteiger partial charge in [0.25, 0.3) is 0 Å². The average Bonchev–Trinajstić information content (AvgIpc) is 2.66. The van der Waals surface area contributed by atoms with Gasteiger partial charge in [0.15, 0.2) is 0 Å². The Morgan fingerprint density at radius 3 is 1.00 bits per heavy atom. The molecule has 30 heavy (non-hydrogen) atoms. The molecule has 11 heteroatoms. The fraction of sp³-hybridized carbons (Fsp3) is 0.789. The van der Waals surface area contributed by atoms with E-state index in [0.29, 0.717) is 6.42 Å². The molecule has 0 amide bonds. The third-order valence-electron chi connectivity index (χ3n) is 0.784. The van der Waals surface area contributed by atoms with Crippen molar-refractivity contribution in [3.05, 3.63) is 0 Å². The third kappa shape index (κ3) is 347. The van der Waals surface area contributed by atoms with Crippen molar-refractivity contribution in [3.63, 3.8) is 0 Å². The summed E-state index contributed by atoms with van der Waals surface area (Å²) in [4.78, 5) is 42.3. The van der Waals surface area contributed by atoms with E-state index in [0.717, 1.165) is 0 Å². The van der Waals surface area contributed by atoms with Crippen molar-refractivity contribution in [2.75, 3.05) is 33.1 Å². The molecular weight excluding hydrogens is 848 g/mol. The van der Waals surface area contributed by atoms with Gasteiger partial charge in [0.2, 0.25) is 0 Å². The van der Waals surface area contributed by atoms with Crippen LogP contribution in [0.1, 0.15) is 62.3 Å². The van der Waals surface area contributed by atoms with E-state index < -0.39 is 5.97 Å². The van der Waals surface area contributed by atoms with Crippen LogP contribution in [0.2, 0.25) is 0 Å². The van der Waals surface area contributed by atoms with Gasteiger partial charge < -0.3 is 24.2 Å². The number of carbonyl (C=O) groups excluding carboxylic acids is 3. The molecule has 0 aromatic carbocycles. The highest BCUT2D eigenvalue weighted by Crippen LogP contribution is 1.86. The largest absolute Gasteiger partial charge is 0.480 e. The van der Waals surface area contributed by atoms with Gasteiger partial charge in [-0.2, -0.15) is 0 Å². The Bertz CT molecular complexity index is 279. The van der Waals surface area contributed by atoms with Crippen LogP contribution in [0, 0.1) is 0 Å². The smallest absolute Gasteiger partial charge is 0.329 e. The number of alkyl halides is 4. The minimum absolute atomic E-state index is 0. The first-order valence-electron chi connectivity index (χ1n) is 8.05. The first-order valence-corrected chi connectivity index (χ1v) is 15.4. The first-order chi connectivity index (χ1) is 13.5. The second-order valence-electron chi connectivity index (χ2n) is 3.67. The zero-order valence-electron chi connectivity index (χ0n) is 19.5. The number of rotatable bonds is 3. The number of hydrogen-bond acceptors (Lipinski definition) is 6. The van der Waals surface area contributed by atoms with E-state index in [1.165, 1.54) is 44.3 Å². The second kappa shape index (κ2) is 77.8. The summed E-state index contributed by atoms with van der Waals surface area (Å²) in [5.74, 6) is -0.757. The Kier molecular flexibility index (Phi) is 150. The summed E-state index contributed by atoms with van der Waals surface area (Å²) >= 11 is 8.85. The number of halogens is 4. The van der Waals surface area contributed by atoms with E-state index in [9.17, 15) is 19.2 Å². The van der Waals surface area contributed by atoms with Crippen molar-refractivity contribution in [2.45, 2.75) is 62.3 Å². The van der Waals surface area contributed by atoms with E-state index >= 15 is 0 Å². The quantitative estimate of drug-likeness (QED) is 0.184. The van der Waals surface area contributed by atoms with Crippen LogP contribution < -0.4 is 0 Å². The number of carboxylic acid groups (broad SMARTS) is 1. The molecule has 0 heterocycles. The number of carbonyl (C=O) groups is 4. The summed E-state index contributed by atoms with van der Waals surface area (Å²) in [6.07, 6.45) is 0.469. The number of ketones is 2. The first kappa shape index (κ1) is 57.7. The van der Waals surface area contributed by atoms with Crippen molar-refractivity contribution < 1.29 is 33.8 Å². The lowest BCUT2D eigenvalue weighted by atomic mass is 10.5. The van der Waals surface area contributed by atoms with Crippen LogP contribution >= 0.6 is 90.4 Å². The number of esters is 1. The average molecular weight is 892 g/mol. The Morgan fingerprint density at radius 1 is 0.800 bits per heavy atom. The molecular formula is C19H44I4O7. The molecule has 0 aromatic heterocycles. The zero-order chi connectivity index (χ0) is 25.8. The molecule has 0 atom stereocenters. The predicted octanol–water partition coefficient (Wildman–Crippen LogP) is 7.06. The molecule has 0 saturated heterocycles. The molecule has 0 bridgehead atoms. The van der Waals surface area contributed by atoms with Crippen LogP contribution in [0.5, 0.6) is 0 Å². The summed E-state index contributed by atoms with van der Waals surface area (Å²) in [6.45, 7) is 11.7. The van der Waals surface area contributed by atoms with Gasteiger partial charge >= 0.3 is 11.9 Å². The van der Waals surface area contributed by atoms with Gasteiger partial charge in [-0.05, 0) is 37.6 Å². The second-order valence-corrected chi connectivity index (χ2v) is 8.12. The van der Waals surface area contributed by atoms with Crippen LogP contribution in [0.15, 0.2) is 0 Å². The van der Waals surface area contributed by atoms with Crippen LogP contribution in [-0.2, 0) is 28.7 Å². The van der Waals surface area contributed by atoms with Gasteiger partial charge in [0, 0.05) is 13.5 Å². The highest BCUT2D eigenvalue weighted by Gasteiger charge is 1.88. The standard InChI is InChI=1S/C4H8O2.C3H6O3.2C3H6O.C2H6.CH2I2.2CH3I.CH4/c1-3-4(5)6-2;1-6-2-3(4)5;2*1-3(2)4;1-2;2-1-3;2*1-2;/h3H2,1-2H3;2H2,1H3,(H,4,5);2*1-2H3;1-2H3;1H2;2*1H3;1H4. The molecule has 0 saturated carbocycles. The van der Waals surface area contributed by atoms with Gasteiger partial charge in [-0.25, -0.2) is 4.79 Å². The van der Waals surface area contributed by atoms with Crippen molar-refractivity contribution >= 4 is 114 Å². The van der Waals surface area contributed by atoms with Crippen molar-refractivity contribution in [2.24, 2.45) is 0 Å². The molecule has 0 spiro atoms. The van der Waals surface area contributed by atoms with Crippen LogP contribution in [0.3, 0.4) is 0 Å². The van der Waals surface area contributed by atoms with Gasteiger partial charge in [-0.3, -0.25) is 4.79 Å².